The highest BCUT2D eigenvalue weighted by Crippen LogP contribution is 2.30. The fourth-order valence-electron chi connectivity index (χ4n) is 1.99. The second kappa shape index (κ2) is 5.87. The molecule has 0 bridgehead atoms. The number of nitrogens with two attached hydrogens (primary N) is 1. The van der Waals surface area contributed by atoms with Crippen molar-refractivity contribution in [3.05, 3.63) is 35.9 Å². The van der Waals surface area contributed by atoms with Gasteiger partial charge in [-0.05, 0) is 19.1 Å². The summed E-state index contributed by atoms with van der Waals surface area (Å²) in [5.74, 6) is 0.729. The smallest absolute Gasteiger partial charge is 0.235 e. The summed E-state index contributed by atoms with van der Waals surface area (Å²) in [6, 6.07) is 11.5. The Balaban J connectivity index is 1.96. The number of hydrogen-bond donors (Lipinski definition) is 2. The molecule has 6 nitrogen and oxygen atoms in total. The van der Waals surface area contributed by atoms with Crippen LogP contribution in [0.25, 0.3) is 10.2 Å². The van der Waals surface area contributed by atoms with E-state index < -0.39 is 0 Å². The molecule has 0 aliphatic rings. The van der Waals surface area contributed by atoms with E-state index in [0.717, 1.165) is 10.2 Å². The molecule has 22 heavy (non-hydrogen) atoms. The fraction of sp³-hybridized carbons (Fsp3) is 0.133. The second-order valence-corrected chi connectivity index (χ2v) is 5.46. The number of rotatable bonds is 4. The molecule has 0 atom stereocenters. The Labute approximate surface area is 131 Å². The zero-order chi connectivity index (χ0) is 15.5. The van der Waals surface area contributed by atoms with Crippen LogP contribution in [0.3, 0.4) is 0 Å². The highest BCUT2D eigenvalue weighted by molar-refractivity contribution is 7.22. The number of anilines is 3. The number of nitriles is 1. The van der Waals surface area contributed by atoms with E-state index in [9.17, 15) is 0 Å². The number of para-hydroxylation sites is 1. The Bertz CT molecular complexity index is 835. The van der Waals surface area contributed by atoms with E-state index in [1.807, 2.05) is 37.3 Å². The zero-order valence-corrected chi connectivity index (χ0v) is 12.6. The maximum absolute atomic E-state index is 9.12. The van der Waals surface area contributed by atoms with Crippen LogP contribution in [0.15, 0.2) is 30.3 Å². The third kappa shape index (κ3) is 2.64. The third-order valence-corrected chi connectivity index (χ3v) is 3.89. The van der Waals surface area contributed by atoms with Gasteiger partial charge in [-0.2, -0.15) is 10.2 Å². The number of fused-ring (bicyclic) bond motifs is 1. The quantitative estimate of drug-likeness (QED) is 0.767. The summed E-state index contributed by atoms with van der Waals surface area (Å²) in [6.45, 7) is 2.23. The molecular formula is C15H13N5OS. The molecule has 0 aliphatic carbocycles. The van der Waals surface area contributed by atoms with Gasteiger partial charge in [-0.1, -0.05) is 23.5 Å². The summed E-state index contributed by atoms with van der Waals surface area (Å²) in [5, 5.41) is 12.9. The molecule has 0 saturated heterocycles. The number of nitrogens with zero attached hydrogens (tertiary/aromatic N) is 3. The molecule has 3 N–H and O–H groups in total. The highest BCUT2D eigenvalue weighted by atomic mass is 32.1. The Morgan fingerprint density at radius 3 is 2.91 bits per heavy atom. The average Bonchev–Trinajstić information content (AvgIpc) is 2.89. The minimum absolute atomic E-state index is 0.230. The van der Waals surface area contributed by atoms with Crippen molar-refractivity contribution in [3.8, 4) is 11.9 Å². The van der Waals surface area contributed by atoms with E-state index in [1.165, 1.54) is 11.3 Å². The first kappa shape index (κ1) is 14.1. The van der Waals surface area contributed by atoms with Crippen molar-refractivity contribution in [2.24, 2.45) is 0 Å². The number of nitrogen functional groups attached to an aromatic ring is 1. The predicted octanol–water partition coefficient (Wildman–Crippen LogP) is 3.29. The van der Waals surface area contributed by atoms with Crippen LogP contribution in [-0.2, 0) is 0 Å². The average molecular weight is 311 g/mol. The topological polar surface area (TPSA) is 96.8 Å². The molecule has 2 heterocycles. The van der Waals surface area contributed by atoms with Crippen LogP contribution in [0.4, 0.5) is 16.6 Å². The van der Waals surface area contributed by atoms with Crippen molar-refractivity contribution < 1.29 is 4.74 Å². The van der Waals surface area contributed by atoms with Gasteiger partial charge in [0.05, 0.1) is 22.5 Å². The maximum atomic E-state index is 9.12. The molecule has 0 unspecified atom stereocenters. The molecule has 0 radical (unpaired) electrons. The van der Waals surface area contributed by atoms with Gasteiger partial charge < -0.3 is 15.8 Å². The van der Waals surface area contributed by atoms with Gasteiger partial charge >= 0.3 is 0 Å². The molecule has 2 aromatic heterocycles. The van der Waals surface area contributed by atoms with Gasteiger partial charge in [0, 0.05) is 6.07 Å². The SMILES string of the molecule is CCOc1nc(Nc2nc3ccccc3s2)cc(N)c1C#N. The fourth-order valence-corrected chi connectivity index (χ4v) is 2.87. The first-order chi connectivity index (χ1) is 10.7. The van der Waals surface area contributed by atoms with E-state index in [2.05, 4.69) is 15.3 Å². The van der Waals surface area contributed by atoms with Gasteiger partial charge in [-0.25, -0.2) is 4.98 Å². The van der Waals surface area contributed by atoms with Crippen LogP contribution >= 0.6 is 11.3 Å². The van der Waals surface area contributed by atoms with Crippen molar-refractivity contribution in [2.45, 2.75) is 6.92 Å². The number of ether oxygens (including phenoxy) is 1. The van der Waals surface area contributed by atoms with Crippen LogP contribution in [0.2, 0.25) is 0 Å². The summed E-state index contributed by atoms with van der Waals surface area (Å²) < 4.78 is 6.46. The number of aromatic nitrogens is 2. The number of nitrogens with one attached hydrogen (secondary N) is 1. The molecule has 0 spiro atoms. The van der Waals surface area contributed by atoms with Gasteiger partial charge in [0.1, 0.15) is 17.5 Å². The van der Waals surface area contributed by atoms with E-state index in [1.54, 1.807) is 6.07 Å². The first-order valence-corrected chi connectivity index (χ1v) is 7.49. The normalized spacial score (nSPS) is 10.4. The van der Waals surface area contributed by atoms with Gasteiger partial charge in [0.15, 0.2) is 5.13 Å². The number of hydrogen-bond acceptors (Lipinski definition) is 7. The Kier molecular flexibility index (Phi) is 3.76. The predicted molar refractivity (Wildman–Crippen MR) is 87.4 cm³/mol. The van der Waals surface area contributed by atoms with Gasteiger partial charge in [0.2, 0.25) is 5.88 Å². The van der Waals surface area contributed by atoms with Crippen molar-refractivity contribution in [2.75, 3.05) is 17.7 Å². The molecule has 1 aromatic carbocycles. The second-order valence-electron chi connectivity index (χ2n) is 4.43. The van der Waals surface area contributed by atoms with E-state index in [0.29, 0.717) is 23.2 Å². The largest absolute Gasteiger partial charge is 0.477 e. The van der Waals surface area contributed by atoms with E-state index in [4.69, 9.17) is 15.7 Å². The van der Waals surface area contributed by atoms with Gasteiger partial charge in [-0.3, -0.25) is 0 Å². The summed E-state index contributed by atoms with van der Waals surface area (Å²) in [5.41, 5.74) is 7.38. The Morgan fingerprint density at radius 1 is 1.36 bits per heavy atom. The highest BCUT2D eigenvalue weighted by Gasteiger charge is 2.13. The summed E-state index contributed by atoms with van der Waals surface area (Å²) in [7, 11) is 0. The van der Waals surface area contributed by atoms with Crippen molar-refractivity contribution in [1.29, 1.82) is 5.26 Å². The van der Waals surface area contributed by atoms with Crippen LogP contribution in [0.1, 0.15) is 12.5 Å². The molecule has 7 heteroatoms. The molecule has 0 amide bonds. The van der Waals surface area contributed by atoms with E-state index >= 15 is 0 Å². The van der Waals surface area contributed by atoms with E-state index in [-0.39, 0.29) is 11.4 Å². The summed E-state index contributed by atoms with van der Waals surface area (Å²) in [6.07, 6.45) is 0. The monoisotopic (exact) mass is 311 g/mol. The van der Waals surface area contributed by atoms with Crippen molar-refractivity contribution in [1.82, 2.24) is 9.97 Å². The minimum atomic E-state index is 0.230. The molecule has 0 fully saturated rings. The van der Waals surface area contributed by atoms with Crippen LogP contribution < -0.4 is 15.8 Å². The minimum Gasteiger partial charge on any atom is -0.477 e. The number of benzene rings is 1. The summed E-state index contributed by atoms with van der Waals surface area (Å²) in [4.78, 5) is 8.77. The van der Waals surface area contributed by atoms with Gasteiger partial charge in [-0.15, -0.1) is 0 Å². The number of thiazole rings is 1. The zero-order valence-electron chi connectivity index (χ0n) is 11.8. The first-order valence-electron chi connectivity index (χ1n) is 6.67. The molecule has 3 aromatic rings. The van der Waals surface area contributed by atoms with Crippen LogP contribution in [0, 0.1) is 11.3 Å². The molecule has 3 rings (SSSR count). The molecular weight excluding hydrogens is 298 g/mol. The lowest BCUT2D eigenvalue weighted by atomic mass is 10.2. The van der Waals surface area contributed by atoms with Gasteiger partial charge in [0.25, 0.3) is 0 Å². The standard InChI is InChI=1S/C15H13N5OS/c1-2-21-14-9(8-16)10(17)7-13(19-14)20-15-18-11-5-3-4-6-12(11)22-15/h3-7H,2H2,1H3,(H3,17,18,19,20). The molecule has 0 saturated carbocycles. The van der Waals surface area contributed by atoms with Crippen LogP contribution in [-0.4, -0.2) is 16.6 Å². The molecule has 110 valence electrons. The maximum Gasteiger partial charge on any atom is 0.235 e. The van der Waals surface area contributed by atoms with Crippen LogP contribution in [0.5, 0.6) is 5.88 Å². The molecule has 0 aliphatic heterocycles. The van der Waals surface area contributed by atoms with Crippen molar-refractivity contribution >= 4 is 38.2 Å². The summed E-state index contributed by atoms with van der Waals surface area (Å²) >= 11 is 1.52. The Hall–Kier alpha value is -2.85. The lowest BCUT2D eigenvalue weighted by molar-refractivity contribution is 0.326. The lowest BCUT2D eigenvalue weighted by Crippen LogP contribution is -2.04. The Morgan fingerprint density at radius 2 is 2.18 bits per heavy atom. The van der Waals surface area contributed by atoms with Crippen molar-refractivity contribution in [3.63, 3.8) is 0 Å². The third-order valence-electron chi connectivity index (χ3n) is 2.94. The lowest BCUT2D eigenvalue weighted by Gasteiger charge is -2.09. The number of pyridine rings is 1.